The Hall–Kier alpha value is -1.32. The molecule has 0 heterocycles. The Bertz CT molecular complexity index is 614. The van der Waals surface area contributed by atoms with Crippen LogP contribution in [0, 0.1) is 20.8 Å². The number of aryl methyl sites for hydroxylation is 3. The molecule has 0 fully saturated rings. The van der Waals surface area contributed by atoms with E-state index in [-0.39, 0.29) is 0 Å². The third-order valence-corrected chi connectivity index (χ3v) is 4.29. The topological polar surface area (TPSA) is 35.2 Å². The Morgan fingerprint density at radius 1 is 1.10 bits per heavy atom. The predicted molar refractivity (Wildman–Crippen MR) is 91.9 cm³/mol. The first kappa shape index (κ1) is 16.1. The molecule has 0 saturated heterocycles. The standard InChI is InChI=1S/C18H22BrNO/c1-12-9-13(2)16(14(3)10-12)11-21-18-15(7-8-20)5-4-6-17(18)19/h4-6,9-10H,7-8,11,20H2,1-3H3. The Morgan fingerprint density at radius 3 is 2.38 bits per heavy atom. The highest BCUT2D eigenvalue weighted by atomic mass is 79.9. The number of ether oxygens (including phenoxy) is 1. The zero-order chi connectivity index (χ0) is 15.4. The van der Waals surface area contributed by atoms with Crippen LogP contribution in [-0.4, -0.2) is 6.54 Å². The highest BCUT2D eigenvalue weighted by Gasteiger charge is 2.10. The van der Waals surface area contributed by atoms with Crippen LogP contribution in [0.4, 0.5) is 0 Å². The lowest BCUT2D eigenvalue weighted by Crippen LogP contribution is -2.07. The van der Waals surface area contributed by atoms with Crippen molar-refractivity contribution >= 4 is 15.9 Å². The van der Waals surface area contributed by atoms with Gasteiger partial charge in [0.05, 0.1) is 4.47 Å². The van der Waals surface area contributed by atoms with Gasteiger partial charge in [-0.3, -0.25) is 0 Å². The maximum absolute atomic E-state index is 6.11. The molecule has 2 nitrogen and oxygen atoms in total. The fourth-order valence-electron chi connectivity index (χ4n) is 2.65. The van der Waals surface area contributed by atoms with E-state index in [0.29, 0.717) is 13.2 Å². The number of nitrogens with two attached hydrogens (primary N) is 1. The van der Waals surface area contributed by atoms with Crippen LogP contribution >= 0.6 is 15.9 Å². The van der Waals surface area contributed by atoms with E-state index in [4.69, 9.17) is 10.5 Å². The Morgan fingerprint density at radius 2 is 1.76 bits per heavy atom. The lowest BCUT2D eigenvalue weighted by atomic mass is 10.0. The second kappa shape index (κ2) is 7.10. The SMILES string of the molecule is Cc1cc(C)c(COc2c(Br)cccc2CCN)c(C)c1. The second-order valence-electron chi connectivity index (χ2n) is 5.43. The second-order valence-corrected chi connectivity index (χ2v) is 6.29. The summed E-state index contributed by atoms with van der Waals surface area (Å²) in [6.45, 7) is 7.60. The van der Waals surface area contributed by atoms with Crippen LogP contribution in [0.5, 0.6) is 5.75 Å². The zero-order valence-corrected chi connectivity index (χ0v) is 14.5. The maximum Gasteiger partial charge on any atom is 0.137 e. The average Bonchev–Trinajstić information content (AvgIpc) is 2.40. The molecule has 0 aliphatic rings. The van der Waals surface area contributed by atoms with E-state index in [9.17, 15) is 0 Å². The van der Waals surface area contributed by atoms with Crippen LogP contribution in [-0.2, 0) is 13.0 Å². The van der Waals surface area contributed by atoms with Gasteiger partial charge in [-0.2, -0.15) is 0 Å². The van der Waals surface area contributed by atoms with Crippen LogP contribution in [0.2, 0.25) is 0 Å². The van der Waals surface area contributed by atoms with Crippen LogP contribution < -0.4 is 10.5 Å². The zero-order valence-electron chi connectivity index (χ0n) is 12.9. The van der Waals surface area contributed by atoms with E-state index >= 15 is 0 Å². The minimum absolute atomic E-state index is 0.581. The summed E-state index contributed by atoms with van der Waals surface area (Å²) in [5.74, 6) is 0.905. The molecule has 0 atom stereocenters. The normalized spacial score (nSPS) is 10.7. The first-order chi connectivity index (χ1) is 10.0. The summed E-state index contributed by atoms with van der Waals surface area (Å²) < 4.78 is 7.09. The first-order valence-electron chi connectivity index (χ1n) is 7.20. The van der Waals surface area contributed by atoms with E-state index in [0.717, 1.165) is 22.2 Å². The smallest absolute Gasteiger partial charge is 0.137 e. The lowest BCUT2D eigenvalue weighted by molar-refractivity contribution is 0.299. The fourth-order valence-corrected chi connectivity index (χ4v) is 3.17. The van der Waals surface area contributed by atoms with Gasteiger partial charge in [0.25, 0.3) is 0 Å². The minimum Gasteiger partial charge on any atom is -0.487 e. The van der Waals surface area contributed by atoms with Crippen LogP contribution in [0.15, 0.2) is 34.8 Å². The number of rotatable bonds is 5. The van der Waals surface area contributed by atoms with Gasteiger partial charge in [0.1, 0.15) is 12.4 Å². The fraction of sp³-hybridized carbons (Fsp3) is 0.333. The van der Waals surface area contributed by atoms with Crippen molar-refractivity contribution in [3.63, 3.8) is 0 Å². The Balaban J connectivity index is 2.25. The monoisotopic (exact) mass is 347 g/mol. The number of halogens is 1. The van der Waals surface area contributed by atoms with Gasteiger partial charge in [-0.15, -0.1) is 0 Å². The number of benzene rings is 2. The molecular weight excluding hydrogens is 326 g/mol. The van der Waals surface area contributed by atoms with Crippen molar-refractivity contribution in [3.05, 3.63) is 62.6 Å². The molecule has 0 unspecified atom stereocenters. The molecule has 0 aromatic heterocycles. The summed E-state index contributed by atoms with van der Waals surface area (Å²) in [6.07, 6.45) is 0.820. The maximum atomic E-state index is 6.11. The van der Waals surface area contributed by atoms with Gasteiger partial charge >= 0.3 is 0 Å². The average molecular weight is 348 g/mol. The predicted octanol–water partition coefficient (Wildman–Crippen LogP) is 4.45. The molecule has 3 heteroatoms. The number of hydrogen-bond donors (Lipinski definition) is 1. The van der Waals surface area contributed by atoms with Crippen molar-refractivity contribution in [1.29, 1.82) is 0 Å². The molecule has 21 heavy (non-hydrogen) atoms. The van der Waals surface area contributed by atoms with E-state index in [2.05, 4.69) is 54.9 Å². The van der Waals surface area contributed by atoms with Gasteiger partial charge in [-0.05, 0) is 78.0 Å². The molecule has 0 bridgehead atoms. The molecule has 2 aromatic rings. The lowest BCUT2D eigenvalue weighted by Gasteiger charge is -2.16. The van der Waals surface area contributed by atoms with E-state index < -0.39 is 0 Å². The highest BCUT2D eigenvalue weighted by molar-refractivity contribution is 9.10. The summed E-state index contributed by atoms with van der Waals surface area (Å²) in [5.41, 5.74) is 11.9. The number of para-hydroxylation sites is 1. The highest BCUT2D eigenvalue weighted by Crippen LogP contribution is 2.30. The number of hydrogen-bond acceptors (Lipinski definition) is 2. The summed E-state index contributed by atoms with van der Waals surface area (Å²) in [6, 6.07) is 10.5. The van der Waals surface area contributed by atoms with E-state index in [1.54, 1.807) is 0 Å². The van der Waals surface area contributed by atoms with Gasteiger partial charge in [-0.25, -0.2) is 0 Å². The van der Waals surface area contributed by atoms with Gasteiger partial charge in [0.15, 0.2) is 0 Å². The van der Waals surface area contributed by atoms with Crippen molar-refractivity contribution in [2.45, 2.75) is 33.8 Å². The van der Waals surface area contributed by atoms with Crippen LogP contribution in [0.25, 0.3) is 0 Å². The van der Waals surface area contributed by atoms with Crippen molar-refractivity contribution in [1.82, 2.24) is 0 Å². The van der Waals surface area contributed by atoms with Crippen LogP contribution in [0.1, 0.15) is 27.8 Å². The van der Waals surface area contributed by atoms with Crippen molar-refractivity contribution in [2.75, 3.05) is 6.54 Å². The molecule has 2 aromatic carbocycles. The third kappa shape index (κ3) is 3.86. The summed E-state index contributed by atoms with van der Waals surface area (Å²) in [7, 11) is 0. The minimum atomic E-state index is 0.581. The molecule has 2 N–H and O–H groups in total. The largest absolute Gasteiger partial charge is 0.487 e. The molecule has 112 valence electrons. The Labute approximate surface area is 135 Å². The quantitative estimate of drug-likeness (QED) is 0.866. The molecule has 0 amide bonds. The van der Waals surface area contributed by atoms with E-state index in [1.165, 1.54) is 22.3 Å². The molecule has 0 saturated carbocycles. The molecule has 0 aliphatic carbocycles. The molecule has 0 radical (unpaired) electrons. The van der Waals surface area contributed by atoms with Gasteiger partial charge in [0.2, 0.25) is 0 Å². The molecular formula is C18H22BrNO. The van der Waals surface area contributed by atoms with Crippen molar-refractivity contribution in [2.24, 2.45) is 5.73 Å². The Kier molecular flexibility index (Phi) is 5.43. The van der Waals surface area contributed by atoms with Crippen molar-refractivity contribution < 1.29 is 4.74 Å². The van der Waals surface area contributed by atoms with Crippen molar-refractivity contribution in [3.8, 4) is 5.75 Å². The first-order valence-corrected chi connectivity index (χ1v) is 7.99. The summed E-state index contributed by atoms with van der Waals surface area (Å²) >= 11 is 3.57. The van der Waals surface area contributed by atoms with Crippen LogP contribution in [0.3, 0.4) is 0 Å². The molecule has 0 spiro atoms. The summed E-state index contributed by atoms with van der Waals surface area (Å²) in [5, 5.41) is 0. The van der Waals surface area contributed by atoms with Gasteiger partial charge < -0.3 is 10.5 Å². The van der Waals surface area contributed by atoms with Gasteiger partial charge in [-0.1, -0.05) is 29.8 Å². The van der Waals surface area contributed by atoms with E-state index in [1.807, 2.05) is 12.1 Å². The molecule has 0 aliphatic heterocycles. The third-order valence-electron chi connectivity index (χ3n) is 3.66. The van der Waals surface area contributed by atoms with Gasteiger partial charge in [0, 0.05) is 0 Å². The summed E-state index contributed by atoms with van der Waals surface area (Å²) in [4.78, 5) is 0. The molecule has 2 rings (SSSR count).